The van der Waals surface area contributed by atoms with Gasteiger partial charge in [0.1, 0.15) is 5.75 Å². The second-order valence-corrected chi connectivity index (χ2v) is 8.56. The van der Waals surface area contributed by atoms with Gasteiger partial charge in [-0.15, -0.1) is 24.8 Å². The van der Waals surface area contributed by atoms with E-state index in [9.17, 15) is 18.3 Å². The number of halogens is 5. The fourth-order valence-corrected chi connectivity index (χ4v) is 3.80. The highest BCUT2D eigenvalue weighted by molar-refractivity contribution is 5.85. The normalized spacial score (nSPS) is 16.0. The molecule has 0 saturated carbocycles. The summed E-state index contributed by atoms with van der Waals surface area (Å²) in [6, 6.07) is 13.1. The van der Waals surface area contributed by atoms with Crippen LogP contribution in [0.15, 0.2) is 48.5 Å². The summed E-state index contributed by atoms with van der Waals surface area (Å²) in [7, 11) is 0. The molecule has 1 heterocycles. The first kappa shape index (κ1) is 29.4. The van der Waals surface area contributed by atoms with Gasteiger partial charge in [-0.1, -0.05) is 12.1 Å². The Hall–Kier alpha value is -1.67. The average molecular weight is 509 g/mol. The zero-order valence-electron chi connectivity index (χ0n) is 18.9. The number of alkyl halides is 3. The highest BCUT2D eigenvalue weighted by Gasteiger charge is 2.32. The van der Waals surface area contributed by atoms with Gasteiger partial charge in [0.05, 0.1) is 17.3 Å². The molecule has 0 spiro atoms. The molecule has 0 aromatic heterocycles. The van der Waals surface area contributed by atoms with Crippen molar-refractivity contribution in [1.29, 1.82) is 0 Å². The number of hydrogen-bond acceptors (Lipinski definition) is 4. The molecule has 1 aliphatic heterocycles. The first-order chi connectivity index (χ1) is 14.6. The molecule has 0 aliphatic carbocycles. The Morgan fingerprint density at radius 3 is 2.09 bits per heavy atom. The second-order valence-electron chi connectivity index (χ2n) is 8.56. The lowest BCUT2D eigenvalue weighted by molar-refractivity contribution is -0.137. The summed E-state index contributed by atoms with van der Waals surface area (Å²) in [6.07, 6.45) is -2.23. The largest absolute Gasteiger partial charge is 0.491 e. The van der Waals surface area contributed by atoms with E-state index in [1.54, 1.807) is 0 Å². The van der Waals surface area contributed by atoms with E-state index in [4.69, 9.17) is 4.74 Å². The van der Waals surface area contributed by atoms with Crippen LogP contribution in [-0.2, 0) is 12.7 Å². The van der Waals surface area contributed by atoms with Gasteiger partial charge in [0.2, 0.25) is 0 Å². The number of piperidine rings is 1. The van der Waals surface area contributed by atoms with Crippen LogP contribution in [0.2, 0.25) is 0 Å². The van der Waals surface area contributed by atoms with Crippen molar-refractivity contribution in [2.75, 3.05) is 25.0 Å². The number of aliphatic hydroxyl groups is 1. The highest BCUT2D eigenvalue weighted by Crippen LogP contribution is 2.30. The van der Waals surface area contributed by atoms with Crippen molar-refractivity contribution in [2.24, 2.45) is 0 Å². The molecular formula is C24H33Cl2F3N2O2. The zero-order valence-corrected chi connectivity index (χ0v) is 20.5. The van der Waals surface area contributed by atoms with Gasteiger partial charge in [0.15, 0.2) is 0 Å². The first-order valence-corrected chi connectivity index (χ1v) is 10.7. The number of ether oxygens (including phenoxy) is 1. The van der Waals surface area contributed by atoms with E-state index in [0.717, 1.165) is 42.2 Å². The summed E-state index contributed by atoms with van der Waals surface area (Å²) < 4.78 is 43.7. The van der Waals surface area contributed by atoms with E-state index < -0.39 is 17.3 Å². The fourth-order valence-electron chi connectivity index (χ4n) is 3.80. The van der Waals surface area contributed by atoms with Crippen LogP contribution >= 0.6 is 24.8 Å². The highest BCUT2D eigenvalue weighted by atomic mass is 35.5. The quantitative estimate of drug-likeness (QED) is 0.447. The topological polar surface area (TPSA) is 44.7 Å². The van der Waals surface area contributed by atoms with Gasteiger partial charge in [0.25, 0.3) is 0 Å². The molecule has 0 bridgehead atoms. The summed E-state index contributed by atoms with van der Waals surface area (Å²) in [6.45, 7) is 6.68. The maximum absolute atomic E-state index is 12.7. The SMILES string of the molecule is CC(C)Oc1ccc(NCCC2(O)CCN(Cc3ccc(C(F)(F)F)cc3)CC2)cc1.Cl.Cl. The predicted octanol–water partition coefficient (Wildman–Crippen LogP) is 6.17. The zero-order chi connectivity index (χ0) is 22.5. The summed E-state index contributed by atoms with van der Waals surface area (Å²) in [5.74, 6) is 0.833. The Balaban J connectivity index is 0.00000272. The molecule has 33 heavy (non-hydrogen) atoms. The van der Waals surface area contributed by atoms with E-state index >= 15 is 0 Å². The second kappa shape index (κ2) is 12.7. The van der Waals surface area contributed by atoms with Crippen LogP contribution in [0.1, 0.15) is 44.2 Å². The Morgan fingerprint density at radius 2 is 1.58 bits per heavy atom. The van der Waals surface area contributed by atoms with E-state index in [1.807, 2.05) is 38.1 Å². The molecule has 186 valence electrons. The number of hydrogen-bond donors (Lipinski definition) is 2. The third-order valence-corrected chi connectivity index (χ3v) is 5.62. The molecule has 1 saturated heterocycles. The predicted molar refractivity (Wildman–Crippen MR) is 131 cm³/mol. The lowest BCUT2D eigenvalue weighted by Gasteiger charge is -2.38. The summed E-state index contributed by atoms with van der Waals surface area (Å²) in [5.41, 5.74) is 0.493. The van der Waals surface area contributed by atoms with Crippen molar-refractivity contribution >= 4 is 30.5 Å². The molecule has 2 N–H and O–H groups in total. The van der Waals surface area contributed by atoms with Crippen molar-refractivity contribution in [3.8, 4) is 5.75 Å². The molecular weight excluding hydrogens is 476 g/mol. The van der Waals surface area contributed by atoms with Crippen molar-refractivity contribution < 1.29 is 23.0 Å². The molecule has 1 fully saturated rings. The minimum atomic E-state index is -4.31. The molecule has 4 nitrogen and oxygen atoms in total. The smallest absolute Gasteiger partial charge is 0.416 e. The minimum absolute atomic E-state index is 0. The standard InChI is InChI=1S/C24H31F3N2O2.2ClH/c1-18(2)31-22-9-7-21(8-10-22)28-14-11-23(30)12-15-29(16-13-23)17-19-3-5-20(6-4-19)24(25,26)27;;/h3-10,18,28,30H,11-17H2,1-2H3;2*1H. The van der Waals surface area contributed by atoms with Crippen LogP contribution in [0.25, 0.3) is 0 Å². The van der Waals surface area contributed by atoms with E-state index in [1.165, 1.54) is 12.1 Å². The summed E-state index contributed by atoms with van der Waals surface area (Å²) in [4.78, 5) is 2.18. The minimum Gasteiger partial charge on any atom is -0.491 e. The Kier molecular flexibility index (Phi) is 11.3. The van der Waals surface area contributed by atoms with Crippen LogP contribution in [-0.4, -0.2) is 41.3 Å². The fraction of sp³-hybridized carbons (Fsp3) is 0.500. The number of nitrogens with zero attached hydrogens (tertiary/aromatic N) is 1. The molecule has 3 rings (SSSR count). The van der Waals surface area contributed by atoms with Gasteiger partial charge in [-0.05, 0) is 75.1 Å². The van der Waals surface area contributed by atoms with Crippen LogP contribution in [0.4, 0.5) is 18.9 Å². The lowest BCUT2D eigenvalue weighted by Crippen LogP contribution is -2.44. The third kappa shape index (κ3) is 9.24. The van der Waals surface area contributed by atoms with Crippen LogP contribution in [0.5, 0.6) is 5.75 Å². The Labute approximate surface area is 206 Å². The average Bonchev–Trinajstić information content (AvgIpc) is 2.71. The summed E-state index contributed by atoms with van der Waals surface area (Å²) >= 11 is 0. The molecule has 0 radical (unpaired) electrons. The van der Waals surface area contributed by atoms with Crippen LogP contribution in [0.3, 0.4) is 0 Å². The molecule has 2 aromatic rings. The first-order valence-electron chi connectivity index (χ1n) is 10.7. The number of likely N-dealkylation sites (tertiary alicyclic amines) is 1. The third-order valence-electron chi connectivity index (χ3n) is 5.62. The van der Waals surface area contributed by atoms with Crippen LogP contribution < -0.4 is 10.1 Å². The Morgan fingerprint density at radius 1 is 1.00 bits per heavy atom. The molecule has 9 heteroatoms. The summed E-state index contributed by atoms with van der Waals surface area (Å²) in [5, 5.41) is 14.2. The molecule has 0 unspecified atom stereocenters. The number of benzene rings is 2. The van der Waals surface area contributed by atoms with Crippen molar-refractivity contribution in [2.45, 2.75) is 57.5 Å². The van der Waals surface area contributed by atoms with Gasteiger partial charge in [-0.25, -0.2) is 0 Å². The number of anilines is 1. The maximum Gasteiger partial charge on any atom is 0.416 e. The van der Waals surface area contributed by atoms with E-state index in [2.05, 4.69) is 10.2 Å². The van der Waals surface area contributed by atoms with E-state index in [-0.39, 0.29) is 30.9 Å². The number of rotatable bonds is 8. The van der Waals surface area contributed by atoms with E-state index in [0.29, 0.717) is 32.4 Å². The van der Waals surface area contributed by atoms with Gasteiger partial charge in [-0.3, -0.25) is 4.90 Å². The van der Waals surface area contributed by atoms with Crippen molar-refractivity contribution in [3.05, 3.63) is 59.7 Å². The van der Waals surface area contributed by atoms with Gasteiger partial charge in [0, 0.05) is 31.9 Å². The van der Waals surface area contributed by atoms with Gasteiger partial charge >= 0.3 is 6.18 Å². The molecule has 0 atom stereocenters. The number of nitrogens with one attached hydrogen (secondary N) is 1. The van der Waals surface area contributed by atoms with Crippen molar-refractivity contribution in [3.63, 3.8) is 0 Å². The van der Waals surface area contributed by atoms with Gasteiger partial charge < -0.3 is 15.2 Å². The lowest BCUT2D eigenvalue weighted by atomic mass is 9.88. The monoisotopic (exact) mass is 508 g/mol. The molecule has 2 aromatic carbocycles. The maximum atomic E-state index is 12.7. The van der Waals surface area contributed by atoms with Crippen LogP contribution in [0, 0.1) is 0 Å². The van der Waals surface area contributed by atoms with Gasteiger partial charge in [-0.2, -0.15) is 13.2 Å². The van der Waals surface area contributed by atoms with Crippen molar-refractivity contribution in [1.82, 2.24) is 4.90 Å². The Bertz CT molecular complexity index is 823. The molecule has 0 amide bonds. The molecule has 1 aliphatic rings.